The molecule has 0 aliphatic carbocycles. The number of nitrogens with one attached hydrogen (secondary N) is 2. The molecule has 4 nitrogen and oxygen atoms in total. The fourth-order valence-corrected chi connectivity index (χ4v) is 2.20. The monoisotopic (exact) mass is 338 g/mol. The predicted octanol–water partition coefficient (Wildman–Crippen LogP) is 3.72. The summed E-state index contributed by atoms with van der Waals surface area (Å²) in [6.45, 7) is 3.50. The van der Waals surface area contributed by atoms with Gasteiger partial charge in [0, 0.05) is 17.3 Å². The minimum Gasteiger partial charge on any atom is -0.332 e. The number of carbonyl (C=O) groups is 2. The van der Waals surface area contributed by atoms with Crippen LogP contribution in [0.5, 0.6) is 0 Å². The second-order valence-electron chi connectivity index (χ2n) is 5.32. The number of rotatable bonds is 4. The van der Waals surface area contributed by atoms with Crippen LogP contribution >= 0.6 is 12.2 Å². The summed E-state index contributed by atoms with van der Waals surface area (Å²) < 4.78 is 0. The zero-order chi connectivity index (χ0) is 17.5. The van der Waals surface area contributed by atoms with E-state index >= 15 is 0 Å². The normalized spacial score (nSPS) is 10.4. The van der Waals surface area contributed by atoms with E-state index in [4.69, 9.17) is 12.2 Å². The third kappa shape index (κ3) is 5.44. The lowest BCUT2D eigenvalue weighted by Gasteiger charge is -2.08. The summed E-state index contributed by atoms with van der Waals surface area (Å²) in [7, 11) is 0. The van der Waals surface area contributed by atoms with Crippen molar-refractivity contribution in [3.05, 3.63) is 71.3 Å². The van der Waals surface area contributed by atoms with Gasteiger partial charge in [0.15, 0.2) is 10.9 Å². The van der Waals surface area contributed by atoms with Crippen molar-refractivity contribution in [1.29, 1.82) is 0 Å². The molecular formula is C19H18N2O2S. The molecule has 0 saturated heterocycles. The van der Waals surface area contributed by atoms with Gasteiger partial charge in [-0.2, -0.15) is 0 Å². The molecule has 1 amide bonds. The Hall–Kier alpha value is -2.79. The second kappa shape index (κ2) is 8.17. The maximum atomic E-state index is 11.9. The van der Waals surface area contributed by atoms with Gasteiger partial charge in [-0.25, -0.2) is 0 Å². The molecule has 0 aliphatic heterocycles. The van der Waals surface area contributed by atoms with Crippen LogP contribution in [0.3, 0.4) is 0 Å². The highest BCUT2D eigenvalue weighted by atomic mass is 32.1. The van der Waals surface area contributed by atoms with Crippen LogP contribution in [0.1, 0.15) is 28.4 Å². The first-order chi connectivity index (χ1) is 11.4. The molecule has 0 spiro atoms. The van der Waals surface area contributed by atoms with Crippen LogP contribution in [0.4, 0.5) is 5.69 Å². The molecule has 24 heavy (non-hydrogen) atoms. The first-order valence-electron chi connectivity index (χ1n) is 7.42. The zero-order valence-electron chi connectivity index (χ0n) is 13.5. The SMILES string of the molecule is CC(=O)c1cccc(NC(=S)NC(=O)C=Cc2ccc(C)cc2)c1. The molecule has 2 N–H and O–H groups in total. The third-order valence-corrected chi connectivity index (χ3v) is 3.47. The molecule has 2 rings (SSSR count). The molecule has 0 radical (unpaired) electrons. The molecule has 0 bridgehead atoms. The number of hydrogen-bond acceptors (Lipinski definition) is 3. The van der Waals surface area contributed by atoms with E-state index in [1.165, 1.54) is 13.0 Å². The van der Waals surface area contributed by atoms with Gasteiger partial charge >= 0.3 is 0 Å². The number of carbonyl (C=O) groups excluding carboxylic acids is 2. The molecule has 5 heteroatoms. The van der Waals surface area contributed by atoms with Crippen LogP contribution in [-0.2, 0) is 4.79 Å². The molecule has 2 aromatic carbocycles. The molecule has 0 unspecified atom stereocenters. The van der Waals surface area contributed by atoms with Crippen molar-refractivity contribution in [2.75, 3.05) is 5.32 Å². The highest BCUT2D eigenvalue weighted by Crippen LogP contribution is 2.11. The Labute approximate surface area is 146 Å². The number of Topliss-reactive ketones (excluding diaryl/α,β-unsaturated/α-hetero) is 1. The van der Waals surface area contributed by atoms with E-state index in [2.05, 4.69) is 10.6 Å². The number of thiocarbonyl (C=S) groups is 1. The van der Waals surface area contributed by atoms with E-state index in [9.17, 15) is 9.59 Å². The van der Waals surface area contributed by atoms with Crippen molar-refractivity contribution in [3.63, 3.8) is 0 Å². The summed E-state index contributed by atoms with van der Waals surface area (Å²) in [4.78, 5) is 23.2. The van der Waals surface area contributed by atoms with E-state index in [-0.39, 0.29) is 16.8 Å². The van der Waals surface area contributed by atoms with Gasteiger partial charge in [-0.1, -0.05) is 42.0 Å². The number of benzene rings is 2. The highest BCUT2D eigenvalue weighted by molar-refractivity contribution is 7.80. The number of anilines is 1. The molecule has 0 aromatic heterocycles. The topological polar surface area (TPSA) is 58.2 Å². The van der Waals surface area contributed by atoms with Crippen LogP contribution in [0.2, 0.25) is 0 Å². The molecule has 0 atom stereocenters. The summed E-state index contributed by atoms with van der Waals surface area (Å²) in [5, 5.41) is 5.63. The number of hydrogen-bond donors (Lipinski definition) is 2. The smallest absolute Gasteiger partial charge is 0.250 e. The van der Waals surface area contributed by atoms with E-state index in [0.717, 1.165) is 11.1 Å². The molecule has 0 heterocycles. The third-order valence-electron chi connectivity index (χ3n) is 3.27. The van der Waals surface area contributed by atoms with Crippen LogP contribution < -0.4 is 10.6 Å². The van der Waals surface area contributed by atoms with Gasteiger partial charge in [0.1, 0.15) is 0 Å². The van der Waals surface area contributed by atoms with Crippen LogP contribution in [0.15, 0.2) is 54.6 Å². The Morgan fingerprint density at radius 2 is 1.79 bits per heavy atom. The fourth-order valence-electron chi connectivity index (χ4n) is 1.98. The van der Waals surface area contributed by atoms with Crippen LogP contribution in [0.25, 0.3) is 6.08 Å². The average molecular weight is 338 g/mol. The maximum absolute atomic E-state index is 11.9. The van der Waals surface area contributed by atoms with Crippen LogP contribution in [-0.4, -0.2) is 16.8 Å². The van der Waals surface area contributed by atoms with Gasteiger partial charge in [0.05, 0.1) is 0 Å². The van der Waals surface area contributed by atoms with Crippen molar-refractivity contribution >= 4 is 40.8 Å². The van der Waals surface area contributed by atoms with E-state index in [1.807, 2.05) is 31.2 Å². The van der Waals surface area contributed by atoms with Crippen molar-refractivity contribution in [2.24, 2.45) is 0 Å². The minimum absolute atomic E-state index is 0.0327. The highest BCUT2D eigenvalue weighted by Gasteiger charge is 2.04. The summed E-state index contributed by atoms with van der Waals surface area (Å²) >= 11 is 5.11. The van der Waals surface area contributed by atoms with E-state index < -0.39 is 0 Å². The van der Waals surface area contributed by atoms with E-state index in [1.54, 1.807) is 30.3 Å². The Morgan fingerprint density at radius 1 is 1.08 bits per heavy atom. The lowest BCUT2D eigenvalue weighted by molar-refractivity contribution is -0.115. The molecule has 0 aliphatic rings. The first-order valence-corrected chi connectivity index (χ1v) is 7.82. The minimum atomic E-state index is -0.323. The Morgan fingerprint density at radius 3 is 2.46 bits per heavy atom. The maximum Gasteiger partial charge on any atom is 0.250 e. The predicted molar refractivity (Wildman–Crippen MR) is 101 cm³/mol. The Kier molecular flexibility index (Phi) is 5.98. The Bertz CT molecular complexity index is 795. The second-order valence-corrected chi connectivity index (χ2v) is 5.73. The molecular weight excluding hydrogens is 320 g/mol. The van der Waals surface area contributed by atoms with Gasteiger partial charge in [-0.3, -0.25) is 14.9 Å². The lowest BCUT2D eigenvalue weighted by Crippen LogP contribution is -2.32. The fraction of sp³-hybridized carbons (Fsp3) is 0.105. The largest absolute Gasteiger partial charge is 0.332 e. The summed E-state index contributed by atoms with van der Waals surface area (Å²) in [6, 6.07) is 14.7. The van der Waals surface area contributed by atoms with Gasteiger partial charge in [-0.05, 0) is 49.8 Å². The van der Waals surface area contributed by atoms with Crippen molar-refractivity contribution in [1.82, 2.24) is 5.32 Å². The van der Waals surface area contributed by atoms with Gasteiger partial charge < -0.3 is 5.32 Å². The van der Waals surface area contributed by atoms with Gasteiger partial charge in [0.2, 0.25) is 5.91 Å². The van der Waals surface area contributed by atoms with Crippen molar-refractivity contribution in [2.45, 2.75) is 13.8 Å². The molecule has 2 aromatic rings. The molecule has 0 fully saturated rings. The van der Waals surface area contributed by atoms with Crippen molar-refractivity contribution in [3.8, 4) is 0 Å². The summed E-state index contributed by atoms with van der Waals surface area (Å²) in [5.41, 5.74) is 3.32. The number of amides is 1. The zero-order valence-corrected chi connectivity index (χ0v) is 14.3. The summed E-state index contributed by atoms with van der Waals surface area (Å²) in [6.07, 6.45) is 3.14. The Balaban J connectivity index is 1.92. The van der Waals surface area contributed by atoms with E-state index in [0.29, 0.717) is 11.3 Å². The lowest BCUT2D eigenvalue weighted by atomic mass is 10.1. The summed E-state index contributed by atoms with van der Waals surface area (Å²) in [5.74, 6) is -0.356. The average Bonchev–Trinajstić information content (AvgIpc) is 2.54. The van der Waals surface area contributed by atoms with Crippen molar-refractivity contribution < 1.29 is 9.59 Å². The number of aryl methyl sites for hydroxylation is 1. The molecule has 122 valence electrons. The van der Waals surface area contributed by atoms with Gasteiger partial charge in [-0.15, -0.1) is 0 Å². The van der Waals surface area contributed by atoms with Crippen LogP contribution in [0, 0.1) is 6.92 Å². The van der Waals surface area contributed by atoms with Gasteiger partial charge in [0.25, 0.3) is 0 Å². The first kappa shape index (κ1) is 17.6. The molecule has 0 saturated carbocycles. The number of ketones is 1. The quantitative estimate of drug-likeness (QED) is 0.507. The standard InChI is InChI=1S/C19H18N2O2S/c1-13-6-8-15(9-7-13)10-11-18(23)21-19(24)20-17-5-3-4-16(12-17)14(2)22/h3-12H,1-2H3,(H2,20,21,23,24).